The van der Waals surface area contributed by atoms with Crippen LogP contribution < -0.4 is 0 Å². The summed E-state index contributed by atoms with van der Waals surface area (Å²) >= 11 is 0. The molecule has 2 aromatic rings. The van der Waals surface area contributed by atoms with Gasteiger partial charge in [0.2, 0.25) is 5.91 Å². The number of aromatic nitrogens is 1. The van der Waals surface area contributed by atoms with Gasteiger partial charge in [-0.1, -0.05) is 36.4 Å². The van der Waals surface area contributed by atoms with Crippen LogP contribution in [0.1, 0.15) is 24.6 Å². The van der Waals surface area contributed by atoms with Gasteiger partial charge in [-0.25, -0.2) is 9.69 Å². The van der Waals surface area contributed by atoms with Crippen molar-refractivity contribution < 1.29 is 19.1 Å². The van der Waals surface area contributed by atoms with Crippen LogP contribution in [0.25, 0.3) is 0 Å². The monoisotopic (exact) mass is 366 g/mol. The van der Waals surface area contributed by atoms with E-state index < -0.39 is 24.0 Å². The first kappa shape index (κ1) is 18.8. The summed E-state index contributed by atoms with van der Waals surface area (Å²) in [7, 11) is 0. The van der Waals surface area contributed by atoms with Crippen LogP contribution in [0, 0.1) is 5.92 Å². The molecular formula is C21H22N2O4. The Hall–Kier alpha value is -3.02. The number of carbonyl (C=O) groups excluding carboxylic acids is 3. The molecule has 0 radical (unpaired) electrons. The van der Waals surface area contributed by atoms with Gasteiger partial charge in [0.15, 0.2) is 0 Å². The molecule has 6 nitrogen and oxygen atoms in total. The van der Waals surface area contributed by atoms with E-state index in [0.29, 0.717) is 19.3 Å². The van der Waals surface area contributed by atoms with Gasteiger partial charge in [-0.2, -0.15) is 0 Å². The molecule has 1 aromatic heterocycles. The van der Waals surface area contributed by atoms with Crippen molar-refractivity contribution in [2.24, 2.45) is 5.92 Å². The number of imide groups is 1. The Morgan fingerprint density at radius 1 is 1.19 bits per heavy atom. The fraction of sp³-hybridized carbons (Fsp3) is 0.333. The number of hydrogen-bond donors (Lipinski definition) is 0. The molecule has 0 spiro atoms. The quantitative estimate of drug-likeness (QED) is 0.704. The molecule has 2 atom stereocenters. The lowest BCUT2D eigenvalue weighted by Crippen LogP contribution is -2.45. The molecule has 1 aliphatic rings. The van der Waals surface area contributed by atoms with Gasteiger partial charge in [0.05, 0.1) is 12.0 Å². The first-order valence-corrected chi connectivity index (χ1v) is 9.00. The van der Waals surface area contributed by atoms with Crippen molar-refractivity contribution in [3.8, 4) is 0 Å². The summed E-state index contributed by atoms with van der Waals surface area (Å²) in [6, 6.07) is 14.7. The second kappa shape index (κ2) is 8.58. The fourth-order valence-corrected chi connectivity index (χ4v) is 3.27. The first-order valence-electron chi connectivity index (χ1n) is 9.00. The van der Waals surface area contributed by atoms with Gasteiger partial charge in [0.1, 0.15) is 12.4 Å². The molecule has 140 valence electrons. The molecule has 2 heterocycles. The molecule has 0 N–H and O–H groups in total. The lowest BCUT2D eigenvalue weighted by molar-refractivity contribution is -0.139. The maximum atomic E-state index is 13.0. The largest absolute Gasteiger partial charge is 0.447 e. The third kappa shape index (κ3) is 4.58. The zero-order valence-electron chi connectivity index (χ0n) is 15.2. The zero-order valence-corrected chi connectivity index (χ0v) is 15.2. The molecule has 1 fully saturated rings. The number of rotatable bonds is 7. The van der Waals surface area contributed by atoms with E-state index in [1.54, 1.807) is 6.20 Å². The Morgan fingerprint density at radius 2 is 1.93 bits per heavy atom. The van der Waals surface area contributed by atoms with E-state index >= 15 is 0 Å². The smallest absolute Gasteiger partial charge is 0.417 e. The van der Waals surface area contributed by atoms with Crippen LogP contribution in [0.15, 0.2) is 54.7 Å². The van der Waals surface area contributed by atoms with Crippen molar-refractivity contribution in [2.45, 2.75) is 32.2 Å². The third-order valence-corrected chi connectivity index (χ3v) is 4.72. The summed E-state index contributed by atoms with van der Waals surface area (Å²) in [5.74, 6) is -1.62. The maximum Gasteiger partial charge on any atom is 0.417 e. The third-order valence-electron chi connectivity index (χ3n) is 4.72. The number of Topliss-reactive ketones (excluding diaryl/α,β-unsaturated/α-hetero) is 1. The number of benzene rings is 1. The number of ketones is 1. The lowest BCUT2D eigenvalue weighted by atomic mass is 9.95. The molecule has 1 aromatic carbocycles. The normalized spacial score (nSPS) is 17.4. The highest BCUT2D eigenvalue weighted by atomic mass is 16.6. The minimum Gasteiger partial charge on any atom is -0.447 e. The number of cyclic esters (lactones) is 1. The second-order valence-corrected chi connectivity index (χ2v) is 6.65. The first-order chi connectivity index (χ1) is 13.1. The molecule has 2 amide bonds. The van der Waals surface area contributed by atoms with Gasteiger partial charge in [0, 0.05) is 11.9 Å². The molecule has 0 bridgehead atoms. The second-order valence-electron chi connectivity index (χ2n) is 6.65. The van der Waals surface area contributed by atoms with Crippen LogP contribution in [-0.4, -0.2) is 40.3 Å². The lowest BCUT2D eigenvalue weighted by Gasteiger charge is -2.23. The van der Waals surface area contributed by atoms with Crippen LogP contribution >= 0.6 is 0 Å². The van der Waals surface area contributed by atoms with Crippen LogP contribution in [0.3, 0.4) is 0 Å². The molecule has 0 saturated carbocycles. The Bertz CT molecular complexity index is 807. The van der Waals surface area contributed by atoms with Crippen LogP contribution in [-0.2, 0) is 27.2 Å². The van der Waals surface area contributed by atoms with Gasteiger partial charge in [-0.05, 0) is 43.9 Å². The molecular weight excluding hydrogens is 344 g/mol. The molecule has 0 unspecified atom stereocenters. The molecule has 27 heavy (non-hydrogen) atoms. The van der Waals surface area contributed by atoms with Crippen molar-refractivity contribution in [1.29, 1.82) is 0 Å². The van der Waals surface area contributed by atoms with Gasteiger partial charge in [0.25, 0.3) is 0 Å². The Balaban J connectivity index is 1.72. The minimum absolute atomic E-state index is 0.143. The molecule has 0 aliphatic carbocycles. The number of pyridine rings is 1. The number of hydrogen-bond acceptors (Lipinski definition) is 5. The Kier molecular flexibility index (Phi) is 5.96. The summed E-state index contributed by atoms with van der Waals surface area (Å²) in [6.07, 6.45) is 2.30. The highest BCUT2D eigenvalue weighted by Crippen LogP contribution is 2.22. The van der Waals surface area contributed by atoms with E-state index in [0.717, 1.165) is 16.2 Å². The Morgan fingerprint density at radius 3 is 2.59 bits per heavy atom. The van der Waals surface area contributed by atoms with E-state index in [4.69, 9.17) is 4.74 Å². The summed E-state index contributed by atoms with van der Waals surface area (Å²) < 4.78 is 5.11. The van der Waals surface area contributed by atoms with E-state index in [2.05, 4.69) is 4.98 Å². The predicted molar refractivity (Wildman–Crippen MR) is 98.9 cm³/mol. The number of aryl methyl sites for hydroxylation is 1. The average molecular weight is 366 g/mol. The van der Waals surface area contributed by atoms with E-state index in [1.165, 1.54) is 6.92 Å². The van der Waals surface area contributed by atoms with Crippen LogP contribution in [0.5, 0.6) is 0 Å². The standard InChI is InChI=1S/C21H22N2O4/c1-15(24)19(11-10-17-9-5-6-12-22-17)20(25)23-18(14-27-21(23)26)13-16-7-3-2-4-8-16/h2-9,12,18-19H,10-11,13-14H2,1H3/t18-,19+/m0/s1. The van der Waals surface area contributed by atoms with E-state index in [-0.39, 0.29) is 12.4 Å². The van der Waals surface area contributed by atoms with Crippen molar-refractivity contribution in [2.75, 3.05) is 6.61 Å². The molecule has 3 rings (SSSR count). The van der Waals surface area contributed by atoms with Gasteiger partial charge < -0.3 is 4.74 Å². The predicted octanol–water partition coefficient (Wildman–Crippen LogP) is 2.81. The minimum atomic E-state index is -0.879. The van der Waals surface area contributed by atoms with Crippen molar-refractivity contribution in [1.82, 2.24) is 9.88 Å². The number of carbonyl (C=O) groups is 3. The van der Waals surface area contributed by atoms with E-state index in [1.807, 2.05) is 48.5 Å². The summed E-state index contributed by atoms with van der Waals surface area (Å²) in [5, 5.41) is 0. The SMILES string of the molecule is CC(=O)[C@@H](CCc1ccccn1)C(=O)N1C(=O)OC[C@@H]1Cc1ccccc1. The number of ether oxygens (including phenoxy) is 1. The van der Waals surface area contributed by atoms with Gasteiger partial charge >= 0.3 is 6.09 Å². The molecule has 1 saturated heterocycles. The fourth-order valence-electron chi connectivity index (χ4n) is 3.27. The highest BCUT2D eigenvalue weighted by molar-refractivity contribution is 6.06. The number of nitrogens with zero attached hydrogens (tertiary/aromatic N) is 2. The zero-order chi connectivity index (χ0) is 19.2. The van der Waals surface area contributed by atoms with Crippen LogP contribution in [0.2, 0.25) is 0 Å². The van der Waals surface area contributed by atoms with Crippen molar-refractivity contribution >= 4 is 17.8 Å². The summed E-state index contributed by atoms with van der Waals surface area (Å²) in [6.45, 7) is 1.53. The highest BCUT2D eigenvalue weighted by Gasteiger charge is 2.41. The Labute approximate surface area is 158 Å². The molecule has 6 heteroatoms. The van der Waals surface area contributed by atoms with Crippen molar-refractivity contribution in [3.05, 3.63) is 66.0 Å². The summed E-state index contributed by atoms with van der Waals surface area (Å²) in [4.78, 5) is 42.6. The van der Waals surface area contributed by atoms with Crippen molar-refractivity contribution in [3.63, 3.8) is 0 Å². The van der Waals surface area contributed by atoms with Crippen LogP contribution in [0.4, 0.5) is 4.79 Å². The maximum absolute atomic E-state index is 13.0. The van der Waals surface area contributed by atoms with E-state index in [9.17, 15) is 14.4 Å². The van der Waals surface area contributed by atoms with Gasteiger partial charge in [-0.3, -0.25) is 14.6 Å². The van der Waals surface area contributed by atoms with Gasteiger partial charge in [-0.15, -0.1) is 0 Å². The average Bonchev–Trinajstić information content (AvgIpc) is 3.03. The summed E-state index contributed by atoms with van der Waals surface area (Å²) in [5.41, 5.74) is 1.81. The molecule has 1 aliphatic heterocycles. The number of amides is 2. The topological polar surface area (TPSA) is 76.6 Å².